The molecule has 1 N–H and O–H groups in total. The number of hydrogen-bond acceptors (Lipinski definition) is 2. The van der Waals surface area contributed by atoms with E-state index in [9.17, 15) is 0 Å². The zero-order valence-electron chi connectivity index (χ0n) is 12.4. The second-order valence-electron chi connectivity index (χ2n) is 5.08. The predicted octanol–water partition coefficient (Wildman–Crippen LogP) is 3.73. The molecule has 0 saturated heterocycles. The molecule has 0 bridgehead atoms. The van der Waals surface area contributed by atoms with Gasteiger partial charge in [0.1, 0.15) is 5.75 Å². The number of benzene rings is 2. The number of nitrogens with one attached hydrogen (secondary N) is 1. The zero-order chi connectivity index (χ0) is 14.2. The van der Waals surface area contributed by atoms with Gasteiger partial charge in [0.05, 0.1) is 6.61 Å². The maximum absolute atomic E-state index is 5.93. The van der Waals surface area contributed by atoms with Crippen molar-refractivity contribution >= 4 is 0 Å². The van der Waals surface area contributed by atoms with Crippen LogP contribution in [-0.4, -0.2) is 13.7 Å². The fourth-order valence-electron chi connectivity index (χ4n) is 2.28. The highest BCUT2D eigenvalue weighted by atomic mass is 16.5. The van der Waals surface area contributed by atoms with Crippen molar-refractivity contribution in [2.45, 2.75) is 26.3 Å². The van der Waals surface area contributed by atoms with Crippen molar-refractivity contribution in [3.8, 4) is 5.75 Å². The molecule has 0 fully saturated rings. The molecule has 0 aromatic heterocycles. The Hall–Kier alpha value is -1.80. The molecular formula is C18H23NO. The van der Waals surface area contributed by atoms with Gasteiger partial charge in [-0.15, -0.1) is 0 Å². The lowest BCUT2D eigenvalue weighted by molar-refractivity contribution is 0.307. The van der Waals surface area contributed by atoms with Crippen molar-refractivity contribution in [3.05, 3.63) is 65.2 Å². The van der Waals surface area contributed by atoms with Gasteiger partial charge in [0.15, 0.2) is 0 Å². The molecule has 2 aromatic carbocycles. The van der Waals surface area contributed by atoms with Gasteiger partial charge in [-0.1, -0.05) is 48.0 Å². The van der Waals surface area contributed by atoms with Crippen LogP contribution in [0, 0.1) is 6.92 Å². The summed E-state index contributed by atoms with van der Waals surface area (Å²) in [5.41, 5.74) is 3.87. The van der Waals surface area contributed by atoms with Crippen LogP contribution in [0.2, 0.25) is 0 Å². The van der Waals surface area contributed by atoms with Crippen LogP contribution >= 0.6 is 0 Å². The monoisotopic (exact) mass is 269 g/mol. The topological polar surface area (TPSA) is 21.3 Å². The molecule has 0 aliphatic heterocycles. The summed E-state index contributed by atoms with van der Waals surface area (Å²) in [6.07, 6.45) is 2.10. The van der Waals surface area contributed by atoms with Gasteiger partial charge < -0.3 is 10.1 Å². The zero-order valence-corrected chi connectivity index (χ0v) is 12.4. The van der Waals surface area contributed by atoms with E-state index in [4.69, 9.17) is 4.74 Å². The fraction of sp³-hybridized carbons (Fsp3) is 0.333. The molecule has 0 aliphatic carbocycles. The van der Waals surface area contributed by atoms with Crippen LogP contribution in [0.4, 0.5) is 0 Å². The Morgan fingerprint density at radius 1 is 1.05 bits per heavy atom. The van der Waals surface area contributed by atoms with Gasteiger partial charge in [-0.25, -0.2) is 0 Å². The number of rotatable bonds is 7. The third-order valence-electron chi connectivity index (χ3n) is 3.29. The molecule has 0 aliphatic rings. The Morgan fingerprint density at radius 3 is 2.60 bits per heavy atom. The molecule has 0 unspecified atom stereocenters. The third kappa shape index (κ3) is 4.39. The summed E-state index contributed by atoms with van der Waals surface area (Å²) in [7, 11) is 1.96. The summed E-state index contributed by atoms with van der Waals surface area (Å²) in [6, 6.07) is 16.9. The molecule has 0 saturated carbocycles. The average molecular weight is 269 g/mol. The third-order valence-corrected chi connectivity index (χ3v) is 3.29. The summed E-state index contributed by atoms with van der Waals surface area (Å²) in [4.78, 5) is 0. The molecular weight excluding hydrogens is 246 g/mol. The largest absolute Gasteiger partial charge is 0.493 e. The summed E-state index contributed by atoms with van der Waals surface area (Å²) in [5, 5.41) is 3.19. The molecule has 0 atom stereocenters. The highest BCUT2D eigenvalue weighted by Gasteiger charge is 2.03. The lowest BCUT2D eigenvalue weighted by Crippen LogP contribution is -2.08. The Labute approximate surface area is 121 Å². The number of ether oxygens (including phenoxy) is 1. The van der Waals surface area contributed by atoms with Crippen LogP contribution in [0.25, 0.3) is 0 Å². The van der Waals surface area contributed by atoms with Crippen LogP contribution in [0.15, 0.2) is 48.5 Å². The van der Waals surface area contributed by atoms with Gasteiger partial charge in [-0.3, -0.25) is 0 Å². The first-order valence-corrected chi connectivity index (χ1v) is 7.20. The maximum Gasteiger partial charge on any atom is 0.123 e. The molecule has 2 rings (SSSR count). The minimum atomic E-state index is 0.759. The normalized spacial score (nSPS) is 10.5. The van der Waals surface area contributed by atoms with E-state index >= 15 is 0 Å². The second kappa shape index (κ2) is 7.71. The van der Waals surface area contributed by atoms with E-state index < -0.39 is 0 Å². The smallest absolute Gasteiger partial charge is 0.123 e. The molecule has 0 heterocycles. The second-order valence-corrected chi connectivity index (χ2v) is 5.08. The Bertz CT molecular complexity index is 522. The van der Waals surface area contributed by atoms with Crippen LogP contribution in [-0.2, 0) is 13.0 Å². The lowest BCUT2D eigenvalue weighted by atomic mass is 10.1. The van der Waals surface area contributed by atoms with Gasteiger partial charge in [-0.2, -0.15) is 0 Å². The fourth-order valence-corrected chi connectivity index (χ4v) is 2.28. The van der Waals surface area contributed by atoms with Crippen molar-refractivity contribution in [2.75, 3.05) is 13.7 Å². The highest BCUT2D eigenvalue weighted by Crippen LogP contribution is 2.20. The first kappa shape index (κ1) is 14.6. The maximum atomic E-state index is 5.93. The average Bonchev–Trinajstić information content (AvgIpc) is 2.47. The SMILES string of the molecule is CNCc1cc(C)ccc1OCCCc1ccccc1. The first-order chi connectivity index (χ1) is 9.79. The first-order valence-electron chi connectivity index (χ1n) is 7.20. The molecule has 106 valence electrons. The molecule has 0 spiro atoms. The summed E-state index contributed by atoms with van der Waals surface area (Å²) in [5.74, 6) is 0.998. The minimum Gasteiger partial charge on any atom is -0.493 e. The van der Waals surface area contributed by atoms with Crippen LogP contribution < -0.4 is 10.1 Å². The van der Waals surface area contributed by atoms with Gasteiger partial charge in [0.2, 0.25) is 0 Å². The highest BCUT2D eigenvalue weighted by molar-refractivity contribution is 5.36. The Balaban J connectivity index is 1.84. The number of aryl methyl sites for hydroxylation is 2. The van der Waals surface area contributed by atoms with Gasteiger partial charge >= 0.3 is 0 Å². The van der Waals surface area contributed by atoms with E-state index in [2.05, 4.69) is 60.8 Å². The van der Waals surface area contributed by atoms with Crippen LogP contribution in [0.5, 0.6) is 5.75 Å². The van der Waals surface area contributed by atoms with Crippen molar-refractivity contribution in [3.63, 3.8) is 0 Å². The summed E-state index contributed by atoms with van der Waals surface area (Å²) in [6.45, 7) is 3.71. The van der Waals surface area contributed by atoms with Crippen molar-refractivity contribution in [1.29, 1.82) is 0 Å². The Kier molecular flexibility index (Phi) is 5.63. The van der Waals surface area contributed by atoms with E-state index in [0.29, 0.717) is 0 Å². The standard InChI is InChI=1S/C18H23NO/c1-15-10-11-18(17(13-15)14-19-2)20-12-6-9-16-7-4-3-5-8-16/h3-5,7-8,10-11,13,19H,6,9,12,14H2,1-2H3. The quantitative estimate of drug-likeness (QED) is 0.773. The summed E-state index contributed by atoms with van der Waals surface area (Å²) < 4.78 is 5.93. The van der Waals surface area contributed by atoms with Crippen molar-refractivity contribution in [2.24, 2.45) is 0 Å². The molecule has 2 heteroatoms. The van der Waals surface area contributed by atoms with Crippen molar-refractivity contribution in [1.82, 2.24) is 5.32 Å². The van der Waals surface area contributed by atoms with E-state index in [1.165, 1.54) is 16.7 Å². The van der Waals surface area contributed by atoms with E-state index in [1.807, 2.05) is 7.05 Å². The predicted molar refractivity (Wildman–Crippen MR) is 84.2 cm³/mol. The molecule has 2 aromatic rings. The van der Waals surface area contributed by atoms with E-state index in [0.717, 1.165) is 31.7 Å². The molecule has 2 nitrogen and oxygen atoms in total. The molecule has 0 amide bonds. The van der Waals surface area contributed by atoms with Crippen LogP contribution in [0.3, 0.4) is 0 Å². The van der Waals surface area contributed by atoms with Crippen molar-refractivity contribution < 1.29 is 4.74 Å². The van der Waals surface area contributed by atoms with E-state index in [1.54, 1.807) is 0 Å². The Morgan fingerprint density at radius 2 is 1.85 bits per heavy atom. The minimum absolute atomic E-state index is 0.759. The van der Waals surface area contributed by atoms with Gasteiger partial charge in [0.25, 0.3) is 0 Å². The number of hydrogen-bond donors (Lipinski definition) is 1. The molecule has 0 radical (unpaired) electrons. The van der Waals surface area contributed by atoms with Gasteiger partial charge in [-0.05, 0) is 38.4 Å². The summed E-state index contributed by atoms with van der Waals surface area (Å²) >= 11 is 0. The van der Waals surface area contributed by atoms with E-state index in [-0.39, 0.29) is 0 Å². The van der Waals surface area contributed by atoms with Crippen LogP contribution in [0.1, 0.15) is 23.1 Å². The molecule has 20 heavy (non-hydrogen) atoms. The lowest BCUT2D eigenvalue weighted by Gasteiger charge is -2.12. The van der Waals surface area contributed by atoms with Gasteiger partial charge in [0, 0.05) is 12.1 Å².